The van der Waals surface area contributed by atoms with Crippen molar-refractivity contribution in [3.05, 3.63) is 28.7 Å². The standard InChI is InChI=1S/C15H18BrN3/c16-12-4-6-13(7-5-12)18-15(11-17)8-10-19-9-2-1-3-14(15)19/h4-7,14,18H,1-3,8-10H2. The molecular weight excluding hydrogens is 302 g/mol. The Labute approximate surface area is 122 Å². The Morgan fingerprint density at radius 3 is 2.79 bits per heavy atom. The molecule has 1 aromatic carbocycles. The Morgan fingerprint density at radius 2 is 2.05 bits per heavy atom. The number of nitrogens with one attached hydrogen (secondary N) is 1. The van der Waals surface area contributed by atoms with E-state index in [0.29, 0.717) is 6.04 Å². The highest BCUT2D eigenvalue weighted by Crippen LogP contribution is 2.37. The maximum Gasteiger partial charge on any atom is 0.142 e. The lowest BCUT2D eigenvalue weighted by molar-refractivity contribution is 0.180. The minimum absolute atomic E-state index is 0.370. The van der Waals surface area contributed by atoms with Gasteiger partial charge in [-0.15, -0.1) is 0 Å². The second kappa shape index (κ2) is 5.15. The highest BCUT2D eigenvalue weighted by atomic mass is 79.9. The van der Waals surface area contributed by atoms with Crippen LogP contribution in [0.25, 0.3) is 0 Å². The molecule has 2 aliphatic heterocycles. The predicted molar refractivity (Wildman–Crippen MR) is 79.9 cm³/mol. The van der Waals surface area contributed by atoms with Gasteiger partial charge in [0.25, 0.3) is 0 Å². The van der Waals surface area contributed by atoms with Crippen LogP contribution in [0.2, 0.25) is 0 Å². The molecule has 2 unspecified atom stereocenters. The number of nitriles is 1. The second-order valence-electron chi connectivity index (χ2n) is 5.51. The second-order valence-corrected chi connectivity index (χ2v) is 6.43. The maximum atomic E-state index is 9.72. The minimum atomic E-state index is -0.408. The summed E-state index contributed by atoms with van der Waals surface area (Å²) in [7, 11) is 0. The van der Waals surface area contributed by atoms with E-state index in [4.69, 9.17) is 0 Å². The van der Waals surface area contributed by atoms with Gasteiger partial charge in [-0.3, -0.25) is 4.90 Å². The number of anilines is 1. The maximum absolute atomic E-state index is 9.72. The van der Waals surface area contributed by atoms with E-state index in [1.807, 2.05) is 24.3 Å². The third-order valence-electron chi connectivity index (χ3n) is 4.39. The Morgan fingerprint density at radius 1 is 1.26 bits per heavy atom. The Balaban J connectivity index is 1.83. The molecule has 0 radical (unpaired) electrons. The summed E-state index contributed by atoms with van der Waals surface area (Å²) in [5, 5.41) is 13.2. The molecule has 0 saturated carbocycles. The van der Waals surface area contributed by atoms with Crippen LogP contribution in [0, 0.1) is 11.3 Å². The van der Waals surface area contributed by atoms with Crippen LogP contribution in [0.3, 0.4) is 0 Å². The van der Waals surface area contributed by atoms with Crippen LogP contribution >= 0.6 is 15.9 Å². The van der Waals surface area contributed by atoms with Gasteiger partial charge in [-0.2, -0.15) is 5.26 Å². The molecule has 0 aliphatic carbocycles. The number of benzene rings is 1. The van der Waals surface area contributed by atoms with Gasteiger partial charge in [-0.1, -0.05) is 22.4 Å². The molecule has 2 heterocycles. The largest absolute Gasteiger partial charge is 0.366 e. The summed E-state index contributed by atoms with van der Waals surface area (Å²) in [5.41, 5.74) is 0.631. The quantitative estimate of drug-likeness (QED) is 0.908. The molecular formula is C15H18BrN3. The van der Waals surface area contributed by atoms with Gasteiger partial charge < -0.3 is 5.32 Å². The van der Waals surface area contributed by atoms with E-state index in [2.05, 4.69) is 32.2 Å². The van der Waals surface area contributed by atoms with E-state index in [1.54, 1.807) is 0 Å². The van der Waals surface area contributed by atoms with Crippen LogP contribution in [-0.2, 0) is 0 Å². The van der Waals surface area contributed by atoms with Crippen molar-refractivity contribution >= 4 is 21.6 Å². The number of fused-ring (bicyclic) bond motifs is 1. The Bertz CT molecular complexity index is 493. The van der Waals surface area contributed by atoms with Gasteiger partial charge in [0.05, 0.1) is 6.07 Å². The van der Waals surface area contributed by atoms with Gasteiger partial charge >= 0.3 is 0 Å². The van der Waals surface area contributed by atoms with Crippen molar-refractivity contribution in [2.45, 2.75) is 37.3 Å². The van der Waals surface area contributed by atoms with E-state index < -0.39 is 5.54 Å². The molecule has 3 rings (SSSR count). The lowest BCUT2D eigenvalue weighted by atomic mass is 9.86. The topological polar surface area (TPSA) is 39.1 Å². The molecule has 2 saturated heterocycles. The van der Waals surface area contributed by atoms with Gasteiger partial charge in [-0.05, 0) is 50.1 Å². The van der Waals surface area contributed by atoms with Gasteiger partial charge in [0.2, 0.25) is 0 Å². The molecule has 1 N–H and O–H groups in total. The molecule has 0 aromatic heterocycles. The minimum Gasteiger partial charge on any atom is -0.366 e. The number of hydrogen-bond donors (Lipinski definition) is 1. The van der Waals surface area contributed by atoms with Crippen LogP contribution in [0.4, 0.5) is 5.69 Å². The molecule has 2 aliphatic rings. The monoisotopic (exact) mass is 319 g/mol. The van der Waals surface area contributed by atoms with Gasteiger partial charge in [0, 0.05) is 22.7 Å². The fourth-order valence-corrected chi connectivity index (χ4v) is 3.66. The van der Waals surface area contributed by atoms with E-state index in [9.17, 15) is 5.26 Å². The van der Waals surface area contributed by atoms with Crippen LogP contribution in [0.15, 0.2) is 28.7 Å². The fourth-order valence-electron chi connectivity index (χ4n) is 3.40. The van der Waals surface area contributed by atoms with Crippen molar-refractivity contribution < 1.29 is 0 Å². The van der Waals surface area contributed by atoms with Crippen LogP contribution in [0.1, 0.15) is 25.7 Å². The average Bonchev–Trinajstić information content (AvgIpc) is 2.81. The first-order valence-corrected chi connectivity index (χ1v) is 7.72. The van der Waals surface area contributed by atoms with Crippen LogP contribution in [-0.4, -0.2) is 29.6 Å². The number of halogens is 1. The first-order valence-electron chi connectivity index (χ1n) is 6.93. The molecule has 2 atom stereocenters. The van der Waals surface area contributed by atoms with Crippen LogP contribution in [0.5, 0.6) is 0 Å². The molecule has 4 heteroatoms. The fraction of sp³-hybridized carbons (Fsp3) is 0.533. The molecule has 0 amide bonds. The Hall–Kier alpha value is -1.05. The van der Waals surface area contributed by atoms with Crippen molar-refractivity contribution in [3.8, 4) is 6.07 Å². The lowest BCUT2D eigenvalue weighted by Gasteiger charge is -2.37. The summed E-state index contributed by atoms with van der Waals surface area (Å²) in [4.78, 5) is 2.48. The molecule has 0 bridgehead atoms. The van der Waals surface area contributed by atoms with Gasteiger partial charge in [-0.25, -0.2) is 0 Å². The zero-order valence-corrected chi connectivity index (χ0v) is 12.5. The highest BCUT2D eigenvalue weighted by Gasteiger charge is 2.48. The zero-order chi connectivity index (χ0) is 13.3. The van der Waals surface area contributed by atoms with Crippen molar-refractivity contribution in [1.82, 2.24) is 4.90 Å². The third kappa shape index (κ3) is 2.37. The SMILES string of the molecule is N#CC1(Nc2ccc(Br)cc2)CCN2CCCCC21. The van der Waals surface area contributed by atoms with E-state index in [-0.39, 0.29) is 0 Å². The molecule has 2 fully saturated rings. The predicted octanol–water partition coefficient (Wildman–Crippen LogP) is 3.38. The summed E-state index contributed by atoms with van der Waals surface area (Å²) in [6.07, 6.45) is 4.57. The van der Waals surface area contributed by atoms with Gasteiger partial charge in [0.1, 0.15) is 5.54 Å². The van der Waals surface area contributed by atoms with E-state index in [0.717, 1.165) is 36.1 Å². The Kier molecular flexibility index (Phi) is 3.51. The highest BCUT2D eigenvalue weighted by molar-refractivity contribution is 9.10. The van der Waals surface area contributed by atoms with Gasteiger partial charge in [0.15, 0.2) is 0 Å². The van der Waals surface area contributed by atoms with Crippen molar-refractivity contribution in [3.63, 3.8) is 0 Å². The summed E-state index contributed by atoms with van der Waals surface area (Å²) < 4.78 is 1.06. The molecule has 1 aromatic rings. The molecule has 100 valence electrons. The zero-order valence-electron chi connectivity index (χ0n) is 10.9. The smallest absolute Gasteiger partial charge is 0.142 e. The first kappa shape index (κ1) is 13.0. The normalized spacial score (nSPS) is 30.6. The third-order valence-corrected chi connectivity index (χ3v) is 4.92. The molecule has 3 nitrogen and oxygen atoms in total. The van der Waals surface area contributed by atoms with Crippen molar-refractivity contribution in [1.29, 1.82) is 5.26 Å². The lowest BCUT2D eigenvalue weighted by Crippen LogP contribution is -2.50. The van der Waals surface area contributed by atoms with Crippen molar-refractivity contribution in [2.75, 3.05) is 18.4 Å². The summed E-state index contributed by atoms with van der Waals surface area (Å²) in [6.45, 7) is 2.19. The summed E-state index contributed by atoms with van der Waals surface area (Å²) in [5.74, 6) is 0. The van der Waals surface area contributed by atoms with E-state index in [1.165, 1.54) is 12.8 Å². The number of piperidine rings is 1. The summed E-state index contributed by atoms with van der Waals surface area (Å²) in [6, 6.07) is 11.0. The van der Waals surface area contributed by atoms with Crippen LogP contribution < -0.4 is 5.32 Å². The molecule has 0 spiro atoms. The van der Waals surface area contributed by atoms with Crippen molar-refractivity contribution in [2.24, 2.45) is 0 Å². The number of nitrogens with zero attached hydrogens (tertiary/aromatic N) is 2. The molecule has 19 heavy (non-hydrogen) atoms. The number of rotatable bonds is 2. The number of hydrogen-bond acceptors (Lipinski definition) is 3. The average molecular weight is 320 g/mol. The van der Waals surface area contributed by atoms with E-state index >= 15 is 0 Å². The first-order chi connectivity index (χ1) is 9.23. The summed E-state index contributed by atoms with van der Waals surface area (Å²) >= 11 is 3.44.